The van der Waals surface area contributed by atoms with Gasteiger partial charge >= 0.3 is 0 Å². The highest BCUT2D eigenvalue weighted by molar-refractivity contribution is 5.84. The summed E-state index contributed by atoms with van der Waals surface area (Å²) in [5.41, 5.74) is 1.54. The quantitative estimate of drug-likeness (QED) is 0.684. The van der Waals surface area contributed by atoms with E-state index < -0.39 is 0 Å². The minimum Gasteiger partial charge on any atom is -0.261 e. The predicted octanol–water partition coefficient (Wildman–Crippen LogP) is 2.49. The standard InChI is InChI=1S/C11H11N3/c1-8(2)14-11-6-4-3-5-9(11)10(7-12)13-14/h3-6,8H,1-2H3. The molecule has 2 rings (SSSR count). The lowest BCUT2D eigenvalue weighted by Crippen LogP contribution is -2.02. The van der Waals surface area contributed by atoms with Gasteiger partial charge in [0, 0.05) is 11.4 Å². The number of hydrogen-bond donors (Lipinski definition) is 0. The molecule has 0 fully saturated rings. The maximum absolute atomic E-state index is 8.90. The number of para-hydroxylation sites is 1. The zero-order valence-corrected chi connectivity index (χ0v) is 8.23. The summed E-state index contributed by atoms with van der Waals surface area (Å²) in [6.07, 6.45) is 0. The Morgan fingerprint density at radius 3 is 2.71 bits per heavy atom. The zero-order chi connectivity index (χ0) is 10.1. The molecule has 1 aromatic heterocycles. The largest absolute Gasteiger partial charge is 0.261 e. The Kier molecular flexibility index (Phi) is 1.97. The highest BCUT2D eigenvalue weighted by Crippen LogP contribution is 2.20. The third-order valence-electron chi connectivity index (χ3n) is 2.21. The summed E-state index contributed by atoms with van der Waals surface area (Å²) in [5, 5.41) is 14.1. The lowest BCUT2D eigenvalue weighted by Gasteiger charge is -2.05. The molecule has 0 aliphatic carbocycles. The van der Waals surface area contributed by atoms with Gasteiger partial charge in [0.2, 0.25) is 0 Å². The molecule has 0 bridgehead atoms. The zero-order valence-electron chi connectivity index (χ0n) is 8.23. The third kappa shape index (κ3) is 1.16. The van der Waals surface area contributed by atoms with E-state index in [0.29, 0.717) is 5.69 Å². The first-order valence-electron chi connectivity index (χ1n) is 4.61. The molecule has 0 atom stereocenters. The summed E-state index contributed by atoms with van der Waals surface area (Å²) in [5.74, 6) is 0. The fraction of sp³-hybridized carbons (Fsp3) is 0.273. The van der Waals surface area contributed by atoms with Crippen molar-refractivity contribution in [3.8, 4) is 6.07 Å². The number of hydrogen-bond acceptors (Lipinski definition) is 2. The Balaban J connectivity index is 2.82. The monoisotopic (exact) mass is 185 g/mol. The highest BCUT2D eigenvalue weighted by atomic mass is 15.3. The van der Waals surface area contributed by atoms with Crippen LogP contribution >= 0.6 is 0 Å². The van der Waals surface area contributed by atoms with Gasteiger partial charge in [-0.25, -0.2) is 0 Å². The van der Waals surface area contributed by atoms with Gasteiger partial charge in [0.1, 0.15) is 6.07 Å². The molecule has 1 aromatic carbocycles. The van der Waals surface area contributed by atoms with Crippen LogP contribution < -0.4 is 0 Å². The summed E-state index contributed by atoms with van der Waals surface area (Å²) in [6, 6.07) is 10.2. The molecule has 2 aromatic rings. The minimum atomic E-state index is 0.280. The first-order chi connectivity index (χ1) is 6.74. The number of rotatable bonds is 1. The predicted molar refractivity (Wildman–Crippen MR) is 54.8 cm³/mol. The molecule has 1 heterocycles. The van der Waals surface area contributed by atoms with E-state index in [4.69, 9.17) is 5.26 Å². The summed E-state index contributed by atoms with van der Waals surface area (Å²) in [7, 11) is 0. The summed E-state index contributed by atoms with van der Waals surface area (Å²) in [6.45, 7) is 4.11. The molecule has 0 saturated heterocycles. The van der Waals surface area contributed by atoms with Crippen LogP contribution in [-0.2, 0) is 0 Å². The fourth-order valence-corrected chi connectivity index (χ4v) is 1.57. The molecule has 3 nitrogen and oxygen atoms in total. The second-order valence-electron chi connectivity index (χ2n) is 3.52. The molecule has 0 radical (unpaired) electrons. The van der Waals surface area contributed by atoms with E-state index in [9.17, 15) is 0 Å². The first-order valence-corrected chi connectivity index (χ1v) is 4.61. The molecule has 14 heavy (non-hydrogen) atoms. The molecule has 0 aliphatic rings. The van der Waals surface area contributed by atoms with Gasteiger partial charge in [-0.2, -0.15) is 10.4 Å². The third-order valence-corrected chi connectivity index (χ3v) is 2.21. The Morgan fingerprint density at radius 2 is 2.07 bits per heavy atom. The van der Waals surface area contributed by atoms with E-state index in [1.54, 1.807) is 0 Å². The van der Waals surface area contributed by atoms with Gasteiger partial charge in [-0.3, -0.25) is 4.68 Å². The van der Waals surface area contributed by atoms with Crippen LogP contribution in [0.2, 0.25) is 0 Å². The maximum atomic E-state index is 8.90. The number of benzene rings is 1. The average Bonchev–Trinajstić information content (AvgIpc) is 2.56. The molecule has 0 unspecified atom stereocenters. The first kappa shape index (κ1) is 8.76. The van der Waals surface area contributed by atoms with E-state index in [1.165, 1.54) is 0 Å². The Morgan fingerprint density at radius 1 is 1.36 bits per heavy atom. The summed E-state index contributed by atoms with van der Waals surface area (Å²) < 4.78 is 1.88. The van der Waals surface area contributed by atoms with E-state index in [0.717, 1.165) is 10.9 Å². The summed E-state index contributed by atoms with van der Waals surface area (Å²) >= 11 is 0. The number of aromatic nitrogens is 2. The normalized spacial score (nSPS) is 10.7. The molecular formula is C11H11N3. The minimum absolute atomic E-state index is 0.280. The number of nitriles is 1. The van der Waals surface area contributed by atoms with Crippen LogP contribution in [0.25, 0.3) is 10.9 Å². The number of nitrogens with zero attached hydrogens (tertiary/aromatic N) is 3. The smallest absolute Gasteiger partial charge is 0.170 e. The molecular weight excluding hydrogens is 174 g/mol. The Labute approximate surface area is 82.6 Å². The second-order valence-corrected chi connectivity index (χ2v) is 3.52. The van der Waals surface area contributed by atoms with E-state index in [1.807, 2.05) is 28.9 Å². The van der Waals surface area contributed by atoms with Crippen molar-refractivity contribution in [1.29, 1.82) is 5.26 Å². The molecule has 3 heteroatoms. The van der Waals surface area contributed by atoms with Crippen molar-refractivity contribution in [2.45, 2.75) is 19.9 Å². The van der Waals surface area contributed by atoms with Crippen LogP contribution in [0.15, 0.2) is 24.3 Å². The van der Waals surface area contributed by atoms with Crippen molar-refractivity contribution in [1.82, 2.24) is 9.78 Å². The Hall–Kier alpha value is -1.82. The van der Waals surface area contributed by atoms with Crippen molar-refractivity contribution >= 4 is 10.9 Å². The van der Waals surface area contributed by atoms with Crippen LogP contribution in [0.5, 0.6) is 0 Å². The van der Waals surface area contributed by atoms with E-state index in [-0.39, 0.29) is 6.04 Å². The van der Waals surface area contributed by atoms with Crippen LogP contribution in [0, 0.1) is 11.3 Å². The molecule has 0 saturated carbocycles. The van der Waals surface area contributed by atoms with Crippen LogP contribution in [0.1, 0.15) is 25.6 Å². The van der Waals surface area contributed by atoms with Gasteiger partial charge in [0.15, 0.2) is 5.69 Å². The van der Waals surface area contributed by atoms with Crippen molar-refractivity contribution in [3.63, 3.8) is 0 Å². The lowest BCUT2D eigenvalue weighted by atomic mass is 10.2. The van der Waals surface area contributed by atoms with Gasteiger partial charge in [0.05, 0.1) is 5.52 Å². The molecule has 0 amide bonds. The Bertz CT molecular complexity index is 503. The molecule has 70 valence electrons. The number of fused-ring (bicyclic) bond motifs is 1. The molecule has 0 N–H and O–H groups in total. The lowest BCUT2D eigenvalue weighted by molar-refractivity contribution is 0.549. The van der Waals surface area contributed by atoms with Gasteiger partial charge in [0.25, 0.3) is 0 Å². The highest BCUT2D eigenvalue weighted by Gasteiger charge is 2.10. The van der Waals surface area contributed by atoms with E-state index >= 15 is 0 Å². The SMILES string of the molecule is CC(C)n1nc(C#N)c2ccccc21. The van der Waals surface area contributed by atoms with Gasteiger partial charge in [-0.05, 0) is 26.0 Å². The van der Waals surface area contributed by atoms with Crippen molar-refractivity contribution in [2.75, 3.05) is 0 Å². The summed E-state index contributed by atoms with van der Waals surface area (Å²) in [4.78, 5) is 0. The topological polar surface area (TPSA) is 41.6 Å². The maximum Gasteiger partial charge on any atom is 0.170 e. The van der Waals surface area contributed by atoms with Crippen LogP contribution in [0.3, 0.4) is 0 Å². The molecule has 0 spiro atoms. The van der Waals surface area contributed by atoms with E-state index in [2.05, 4.69) is 25.0 Å². The van der Waals surface area contributed by atoms with Crippen LogP contribution in [-0.4, -0.2) is 9.78 Å². The fourth-order valence-electron chi connectivity index (χ4n) is 1.57. The second kappa shape index (κ2) is 3.15. The van der Waals surface area contributed by atoms with Gasteiger partial charge < -0.3 is 0 Å². The average molecular weight is 185 g/mol. The van der Waals surface area contributed by atoms with Gasteiger partial charge in [-0.15, -0.1) is 0 Å². The van der Waals surface area contributed by atoms with Crippen molar-refractivity contribution < 1.29 is 0 Å². The van der Waals surface area contributed by atoms with Gasteiger partial charge in [-0.1, -0.05) is 12.1 Å². The van der Waals surface area contributed by atoms with Crippen molar-refractivity contribution in [3.05, 3.63) is 30.0 Å². The van der Waals surface area contributed by atoms with Crippen LogP contribution in [0.4, 0.5) is 0 Å². The molecule has 0 aliphatic heterocycles. The van der Waals surface area contributed by atoms with Crippen molar-refractivity contribution in [2.24, 2.45) is 0 Å².